The number of ether oxygens (including phenoxy) is 2. The van der Waals surface area contributed by atoms with Crippen LogP contribution in [0.25, 0.3) is 0 Å². The number of nitrogens with one attached hydrogen (secondary N) is 2. The van der Waals surface area contributed by atoms with Crippen LogP contribution in [0.4, 0.5) is 0 Å². The van der Waals surface area contributed by atoms with Gasteiger partial charge in [-0.2, -0.15) is 0 Å². The Hall–Kier alpha value is -4.78. The number of Topliss-reactive ketones (excluding diaryl/α,β-unsaturated/α-hetero) is 1. The maximum absolute atomic E-state index is 13.3. The molecule has 13 heteroatoms. The van der Waals surface area contributed by atoms with Crippen molar-refractivity contribution in [1.29, 1.82) is 0 Å². The number of ketones is 1. The molecule has 0 saturated carbocycles. The van der Waals surface area contributed by atoms with Gasteiger partial charge in [-0.05, 0) is 56.6 Å². The SMILES string of the molecule is CNC1CCC(=O)N2CCCC(C(=O)NC(CC(=O)O)C(=O)COC(=O)c3cccc(Oc4ccccc4)c3)N2C1=O. The Balaban J connectivity index is 1.41. The average Bonchev–Trinajstić information content (AvgIpc) is 3.11. The summed E-state index contributed by atoms with van der Waals surface area (Å²) < 4.78 is 10.8. The minimum absolute atomic E-state index is 0.0979. The molecule has 0 bridgehead atoms. The second-order valence-corrected chi connectivity index (χ2v) is 9.88. The third-order valence-electron chi connectivity index (χ3n) is 6.99. The molecule has 0 aliphatic carbocycles. The van der Waals surface area contributed by atoms with E-state index in [0.29, 0.717) is 17.9 Å². The Morgan fingerprint density at radius 2 is 1.76 bits per heavy atom. The molecule has 42 heavy (non-hydrogen) atoms. The van der Waals surface area contributed by atoms with E-state index in [0.717, 1.165) is 5.01 Å². The highest BCUT2D eigenvalue weighted by molar-refractivity contribution is 5.98. The van der Waals surface area contributed by atoms with Gasteiger partial charge in [0.2, 0.25) is 11.8 Å². The monoisotopic (exact) mass is 580 g/mol. The van der Waals surface area contributed by atoms with Crippen molar-refractivity contribution in [2.24, 2.45) is 0 Å². The van der Waals surface area contributed by atoms with E-state index in [9.17, 15) is 33.9 Å². The molecule has 222 valence electrons. The van der Waals surface area contributed by atoms with Crippen LogP contribution >= 0.6 is 0 Å². The lowest BCUT2D eigenvalue weighted by molar-refractivity contribution is -0.176. The number of aliphatic carboxylic acids is 1. The molecule has 13 nitrogen and oxygen atoms in total. The summed E-state index contributed by atoms with van der Waals surface area (Å²) in [5.41, 5.74) is 0.0979. The first-order valence-corrected chi connectivity index (χ1v) is 13.5. The van der Waals surface area contributed by atoms with Crippen LogP contribution in [0, 0.1) is 0 Å². The number of likely N-dealkylation sites (N-methyl/N-ethyl adjacent to an activating group) is 1. The highest BCUT2D eigenvalue weighted by Crippen LogP contribution is 2.25. The number of carboxylic acid groups (broad SMARTS) is 1. The number of hydrogen-bond donors (Lipinski definition) is 3. The van der Waals surface area contributed by atoms with Crippen molar-refractivity contribution in [3.63, 3.8) is 0 Å². The average molecular weight is 581 g/mol. The van der Waals surface area contributed by atoms with E-state index >= 15 is 0 Å². The largest absolute Gasteiger partial charge is 0.481 e. The second kappa shape index (κ2) is 13.7. The van der Waals surface area contributed by atoms with Gasteiger partial charge in [0, 0.05) is 13.0 Å². The van der Waals surface area contributed by atoms with Gasteiger partial charge in [0.25, 0.3) is 5.91 Å². The third kappa shape index (κ3) is 7.29. The highest BCUT2D eigenvalue weighted by atomic mass is 16.5. The number of esters is 1. The van der Waals surface area contributed by atoms with Gasteiger partial charge in [-0.1, -0.05) is 24.3 Å². The minimum atomic E-state index is -1.54. The molecule has 0 spiro atoms. The number of carbonyl (C=O) groups is 6. The van der Waals surface area contributed by atoms with Crippen LogP contribution in [0.2, 0.25) is 0 Å². The molecular weight excluding hydrogens is 548 g/mol. The van der Waals surface area contributed by atoms with Gasteiger partial charge in [0.15, 0.2) is 12.4 Å². The molecule has 2 aliphatic rings. The Kier molecular flexibility index (Phi) is 9.86. The molecule has 0 aromatic heterocycles. The van der Waals surface area contributed by atoms with Gasteiger partial charge in [-0.25, -0.2) is 9.80 Å². The molecule has 3 unspecified atom stereocenters. The number of hydrazine groups is 1. The number of nitrogens with zero attached hydrogens (tertiary/aromatic N) is 2. The zero-order valence-corrected chi connectivity index (χ0v) is 23.0. The molecule has 3 amide bonds. The predicted octanol–water partition coefficient (Wildman–Crippen LogP) is 1.28. The maximum Gasteiger partial charge on any atom is 0.338 e. The number of fused-ring (bicyclic) bond motifs is 1. The van der Waals surface area contributed by atoms with Crippen LogP contribution in [-0.2, 0) is 28.7 Å². The fraction of sp³-hybridized carbons (Fsp3) is 0.379. The first-order chi connectivity index (χ1) is 20.2. The summed E-state index contributed by atoms with van der Waals surface area (Å²) in [6, 6.07) is 11.7. The topological polar surface area (TPSA) is 172 Å². The van der Waals surface area contributed by atoms with E-state index in [1.165, 1.54) is 17.1 Å². The standard InChI is InChI=1S/C29H32N4O9/c1-30-21-12-13-25(35)32-14-6-11-23(33(32)28(21)39)27(38)31-22(16-26(36)37)24(34)17-41-29(40)18-7-5-10-20(15-18)42-19-8-3-2-4-9-19/h2-5,7-10,15,21-23,30H,6,11-14,16-17H2,1H3,(H,31,38)(H,36,37). The van der Waals surface area contributed by atoms with Gasteiger partial charge in [-0.3, -0.25) is 29.0 Å². The van der Waals surface area contributed by atoms with Crippen LogP contribution < -0.4 is 15.4 Å². The number of carboxylic acids is 1. The quantitative estimate of drug-likeness (QED) is 0.329. The van der Waals surface area contributed by atoms with Crippen molar-refractivity contribution in [3.8, 4) is 11.5 Å². The van der Waals surface area contributed by atoms with Gasteiger partial charge in [0.1, 0.15) is 23.6 Å². The van der Waals surface area contributed by atoms with Crippen LogP contribution in [0.5, 0.6) is 11.5 Å². The summed E-state index contributed by atoms with van der Waals surface area (Å²) >= 11 is 0. The first-order valence-electron chi connectivity index (χ1n) is 13.5. The summed E-state index contributed by atoms with van der Waals surface area (Å²) in [5.74, 6) is -3.70. The van der Waals surface area contributed by atoms with E-state index in [4.69, 9.17) is 9.47 Å². The number of benzene rings is 2. The predicted molar refractivity (Wildman–Crippen MR) is 146 cm³/mol. The van der Waals surface area contributed by atoms with E-state index in [-0.39, 0.29) is 37.3 Å². The molecule has 2 aliphatic heterocycles. The second-order valence-electron chi connectivity index (χ2n) is 9.88. The summed E-state index contributed by atoms with van der Waals surface area (Å²) in [6.07, 6.45) is 0.254. The molecule has 2 saturated heterocycles. The van der Waals surface area contributed by atoms with Crippen molar-refractivity contribution >= 4 is 35.4 Å². The van der Waals surface area contributed by atoms with Crippen molar-refractivity contribution in [3.05, 3.63) is 60.2 Å². The van der Waals surface area contributed by atoms with Crippen LogP contribution in [0.3, 0.4) is 0 Å². The van der Waals surface area contributed by atoms with E-state index in [1.54, 1.807) is 43.4 Å². The molecule has 3 atom stereocenters. The fourth-order valence-electron chi connectivity index (χ4n) is 4.86. The van der Waals surface area contributed by atoms with Crippen LogP contribution in [0.15, 0.2) is 54.6 Å². The lowest BCUT2D eigenvalue weighted by atomic mass is 10.0. The van der Waals surface area contributed by atoms with Crippen molar-refractivity contribution in [2.75, 3.05) is 20.2 Å². The highest BCUT2D eigenvalue weighted by Gasteiger charge is 2.44. The molecule has 3 N–H and O–H groups in total. The van der Waals surface area contributed by atoms with Gasteiger partial charge >= 0.3 is 11.9 Å². The minimum Gasteiger partial charge on any atom is -0.481 e. The lowest BCUT2D eigenvalue weighted by Gasteiger charge is -2.43. The smallest absolute Gasteiger partial charge is 0.338 e. The number of rotatable bonds is 11. The summed E-state index contributed by atoms with van der Waals surface area (Å²) in [4.78, 5) is 76.3. The number of para-hydroxylation sites is 1. The Labute approximate surface area is 241 Å². The van der Waals surface area contributed by atoms with Crippen LogP contribution in [-0.4, -0.2) is 88.9 Å². The molecule has 4 rings (SSSR count). The Morgan fingerprint density at radius 1 is 1.02 bits per heavy atom. The first kappa shape index (κ1) is 30.2. The lowest BCUT2D eigenvalue weighted by Crippen LogP contribution is -2.64. The maximum atomic E-state index is 13.3. The number of amides is 3. The van der Waals surface area contributed by atoms with Gasteiger partial charge in [0.05, 0.1) is 18.0 Å². The molecule has 2 aromatic rings. The fourth-order valence-corrected chi connectivity index (χ4v) is 4.86. The van der Waals surface area contributed by atoms with Gasteiger partial charge in [-0.15, -0.1) is 0 Å². The summed E-state index contributed by atoms with van der Waals surface area (Å²) in [6.45, 7) is -0.545. The van der Waals surface area contributed by atoms with Crippen LogP contribution in [0.1, 0.15) is 42.5 Å². The van der Waals surface area contributed by atoms with Crippen molar-refractivity contribution < 1.29 is 43.3 Å². The summed E-state index contributed by atoms with van der Waals surface area (Å²) in [7, 11) is 1.58. The number of carbonyl (C=O) groups excluding carboxylic acids is 5. The molecule has 2 heterocycles. The van der Waals surface area contributed by atoms with E-state index < -0.39 is 60.7 Å². The molecule has 2 aromatic carbocycles. The third-order valence-corrected chi connectivity index (χ3v) is 6.99. The van der Waals surface area contributed by atoms with E-state index in [1.807, 2.05) is 6.07 Å². The molecule has 2 fully saturated rings. The van der Waals surface area contributed by atoms with Crippen molar-refractivity contribution in [1.82, 2.24) is 20.7 Å². The number of hydrogen-bond acceptors (Lipinski definition) is 9. The van der Waals surface area contributed by atoms with E-state index in [2.05, 4.69) is 10.6 Å². The Bertz CT molecular complexity index is 1350. The Morgan fingerprint density at radius 3 is 2.48 bits per heavy atom. The normalized spacial score (nSPS) is 19.3. The summed E-state index contributed by atoms with van der Waals surface area (Å²) in [5, 5.41) is 17.0. The zero-order valence-electron chi connectivity index (χ0n) is 23.0. The van der Waals surface area contributed by atoms with Gasteiger partial charge < -0.3 is 25.2 Å². The van der Waals surface area contributed by atoms with Crippen molar-refractivity contribution in [2.45, 2.75) is 50.2 Å². The zero-order chi connectivity index (χ0) is 30.2. The molecule has 0 radical (unpaired) electrons. The molecular formula is C29H32N4O9.